The van der Waals surface area contributed by atoms with E-state index in [1.807, 2.05) is 39.8 Å². The number of rotatable bonds is 1. The minimum absolute atomic E-state index is 0.273. The van der Waals surface area contributed by atoms with Crippen molar-refractivity contribution in [3.05, 3.63) is 23.5 Å². The van der Waals surface area contributed by atoms with Crippen LogP contribution in [0, 0.1) is 0 Å². The molecule has 1 heterocycles. The van der Waals surface area contributed by atoms with Crippen molar-refractivity contribution < 1.29 is 9.53 Å². The van der Waals surface area contributed by atoms with Crippen molar-refractivity contribution in [3.8, 4) is 0 Å². The maximum absolute atomic E-state index is 11.2. The quantitative estimate of drug-likeness (QED) is 0.665. The lowest BCUT2D eigenvalue weighted by Gasteiger charge is -2.26. The van der Waals surface area contributed by atoms with Crippen LogP contribution in [0.1, 0.15) is 34.1 Å². The molecule has 0 bridgehead atoms. The highest BCUT2D eigenvalue weighted by Crippen LogP contribution is 2.20. The van der Waals surface area contributed by atoms with Crippen LogP contribution in [-0.4, -0.2) is 24.6 Å². The Morgan fingerprint density at radius 2 is 2.07 bits per heavy atom. The fraction of sp³-hybridized carbons (Fsp3) is 0.583. The van der Waals surface area contributed by atoms with E-state index < -0.39 is 0 Å². The van der Waals surface area contributed by atoms with Crippen LogP contribution in [-0.2, 0) is 4.74 Å². The maximum Gasteiger partial charge on any atom is 0.415 e. The summed E-state index contributed by atoms with van der Waals surface area (Å²) in [7, 11) is 1.73. The van der Waals surface area contributed by atoms with E-state index in [-0.39, 0.29) is 6.09 Å². The number of hydrogen-bond acceptors (Lipinski definition) is 2. The van der Waals surface area contributed by atoms with Gasteiger partial charge in [-0.2, -0.15) is 0 Å². The van der Waals surface area contributed by atoms with Crippen molar-refractivity contribution in [3.63, 3.8) is 0 Å². The molecule has 3 nitrogen and oxygen atoms in total. The first-order valence-electron chi connectivity index (χ1n) is 5.47. The number of carbonyl (C=O) groups is 1. The topological polar surface area (TPSA) is 29.5 Å². The van der Waals surface area contributed by atoms with Crippen LogP contribution < -0.4 is 0 Å². The lowest BCUT2D eigenvalue weighted by atomic mass is 10.1. The lowest BCUT2D eigenvalue weighted by Crippen LogP contribution is -2.34. The molecule has 1 aliphatic heterocycles. The lowest BCUT2D eigenvalue weighted by molar-refractivity contribution is 0.130. The molecule has 0 aromatic heterocycles. The van der Waals surface area contributed by atoms with E-state index in [2.05, 4.69) is 0 Å². The van der Waals surface area contributed by atoms with E-state index in [0.717, 1.165) is 12.0 Å². The SMILES string of the molecule is C/C=C1/CN(C)C(=O)O/C1=C/CC.CC. The smallest absolute Gasteiger partial charge is 0.410 e. The molecule has 15 heavy (non-hydrogen) atoms. The molecule has 1 amide bonds. The normalized spacial score (nSPS) is 21.1. The third-order valence-corrected chi connectivity index (χ3v) is 1.97. The van der Waals surface area contributed by atoms with Crippen LogP contribution in [0.2, 0.25) is 0 Å². The van der Waals surface area contributed by atoms with Crippen LogP contribution in [0.5, 0.6) is 0 Å². The fourth-order valence-electron chi connectivity index (χ4n) is 1.23. The second-order valence-electron chi connectivity index (χ2n) is 3.01. The molecule has 0 spiro atoms. The Labute approximate surface area is 92.4 Å². The van der Waals surface area contributed by atoms with E-state index in [9.17, 15) is 4.79 Å². The van der Waals surface area contributed by atoms with Gasteiger partial charge in [0.1, 0.15) is 5.76 Å². The number of ether oxygens (including phenoxy) is 1. The van der Waals surface area contributed by atoms with Crippen LogP contribution in [0.4, 0.5) is 4.79 Å². The fourth-order valence-corrected chi connectivity index (χ4v) is 1.23. The summed E-state index contributed by atoms with van der Waals surface area (Å²) >= 11 is 0. The largest absolute Gasteiger partial charge is 0.415 e. The molecule has 0 N–H and O–H groups in total. The van der Waals surface area contributed by atoms with E-state index in [0.29, 0.717) is 12.3 Å². The van der Waals surface area contributed by atoms with Gasteiger partial charge in [-0.15, -0.1) is 0 Å². The van der Waals surface area contributed by atoms with Crippen molar-refractivity contribution in [2.24, 2.45) is 0 Å². The number of nitrogens with zero attached hydrogens (tertiary/aromatic N) is 1. The first-order valence-corrected chi connectivity index (χ1v) is 5.47. The standard InChI is InChI=1S/C10H15NO2.C2H6/c1-4-6-9-8(5-2)7-11(3)10(12)13-9;1-2/h5-6H,4,7H2,1-3H3;1-2H3/b8-5-,9-6+;. The highest BCUT2D eigenvalue weighted by atomic mass is 16.6. The summed E-state index contributed by atoms with van der Waals surface area (Å²) in [6, 6.07) is 0. The molecule has 1 aliphatic rings. The van der Waals surface area contributed by atoms with Crippen molar-refractivity contribution >= 4 is 6.09 Å². The van der Waals surface area contributed by atoms with Crippen molar-refractivity contribution in [2.75, 3.05) is 13.6 Å². The first-order chi connectivity index (χ1) is 7.19. The van der Waals surface area contributed by atoms with Crippen molar-refractivity contribution in [1.29, 1.82) is 0 Å². The summed E-state index contributed by atoms with van der Waals surface area (Å²) in [6.07, 6.45) is 4.51. The number of hydrogen-bond donors (Lipinski definition) is 0. The molecule has 0 aromatic carbocycles. The molecule has 3 heteroatoms. The van der Waals surface area contributed by atoms with Gasteiger partial charge in [-0.05, 0) is 19.4 Å². The van der Waals surface area contributed by atoms with Gasteiger partial charge < -0.3 is 9.64 Å². The van der Waals surface area contributed by atoms with Gasteiger partial charge in [0.2, 0.25) is 0 Å². The van der Waals surface area contributed by atoms with Gasteiger partial charge in [-0.1, -0.05) is 26.8 Å². The van der Waals surface area contributed by atoms with Crippen LogP contribution in [0.3, 0.4) is 0 Å². The van der Waals surface area contributed by atoms with Crippen LogP contribution in [0.15, 0.2) is 23.5 Å². The molecule has 1 rings (SSSR count). The van der Waals surface area contributed by atoms with Gasteiger partial charge in [-0.3, -0.25) is 0 Å². The number of cyclic esters (lactones) is 1. The Bertz CT molecular complexity index is 267. The predicted octanol–water partition coefficient (Wildman–Crippen LogP) is 3.33. The Kier molecular flexibility index (Phi) is 6.50. The number of carbonyl (C=O) groups excluding carboxylic acids is 1. The molecule has 0 aliphatic carbocycles. The summed E-state index contributed by atoms with van der Waals surface area (Å²) in [5, 5.41) is 0. The minimum atomic E-state index is -0.273. The van der Waals surface area contributed by atoms with Crippen LogP contribution in [0.25, 0.3) is 0 Å². The molecule has 0 aromatic rings. The molecule has 0 radical (unpaired) electrons. The van der Waals surface area contributed by atoms with E-state index in [1.165, 1.54) is 0 Å². The van der Waals surface area contributed by atoms with Gasteiger partial charge >= 0.3 is 6.09 Å². The van der Waals surface area contributed by atoms with Crippen LogP contribution >= 0.6 is 0 Å². The van der Waals surface area contributed by atoms with Crippen molar-refractivity contribution in [1.82, 2.24) is 4.90 Å². The van der Waals surface area contributed by atoms with Gasteiger partial charge in [0.05, 0.1) is 6.54 Å². The maximum atomic E-state index is 11.2. The number of likely N-dealkylation sites (N-methyl/N-ethyl adjacent to an activating group) is 1. The molecule has 1 fully saturated rings. The summed E-state index contributed by atoms with van der Waals surface area (Å²) < 4.78 is 5.12. The number of amides is 1. The van der Waals surface area contributed by atoms with E-state index >= 15 is 0 Å². The molecular formula is C12H21NO2. The Morgan fingerprint density at radius 1 is 1.47 bits per heavy atom. The van der Waals surface area contributed by atoms with Crippen molar-refractivity contribution in [2.45, 2.75) is 34.1 Å². The average molecular weight is 211 g/mol. The average Bonchev–Trinajstić information content (AvgIpc) is 2.26. The predicted molar refractivity (Wildman–Crippen MR) is 62.6 cm³/mol. The second-order valence-corrected chi connectivity index (χ2v) is 3.01. The summed E-state index contributed by atoms with van der Waals surface area (Å²) in [6.45, 7) is 8.61. The molecule has 0 atom stereocenters. The third kappa shape index (κ3) is 3.78. The molecule has 0 saturated carbocycles. The first kappa shape index (κ1) is 13.8. The molecular weight excluding hydrogens is 190 g/mol. The van der Waals surface area contributed by atoms with E-state index in [1.54, 1.807) is 11.9 Å². The summed E-state index contributed by atoms with van der Waals surface area (Å²) in [5.41, 5.74) is 1.07. The zero-order chi connectivity index (χ0) is 11.8. The van der Waals surface area contributed by atoms with Gasteiger partial charge in [0.25, 0.3) is 0 Å². The van der Waals surface area contributed by atoms with Gasteiger partial charge in [0.15, 0.2) is 0 Å². The number of allylic oxidation sites excluding steroid dienone is 2. The summed E-state index contributed by atoms with van der Waals surface area (Å²) in [5.74, 6) is 0.716. The van der Waals surface area contributed by atoms with Gasteiger partial charge in [-0.25, -0.2) is 4.79 Å². The molecule has 1 saturated heterocycles. The monoisotopic (exact) mass is 211 g/mol. The second kappa shape index (κ2) is 7.10. The summed E-state index contributed by atoms with van der Waals surface area (Å²) in [4.78, 5) is 12.7. The van der Waals surface area contributed by atoms with Gasteiger partial charge in [0, 0.05) is 12.6 Å². The Balaban J connectivity index is 0.000000921. The minimum Gasteiger partial charge on any atom is -0.410 e. The highest BCUT2D eigenvalue weighted by molar-refractivity contribution is 5.72. The van der Waals surface area contributed by atoms with E-state index in [4.69, 9.17) is 4.74 Å². The zero-order valence-corrected chi connectivity index (χ0v) is 10.3. The third-order valence-electron chi connectivity index (χ3n) is 1.97. The Morgan fingerprint density at radius 3 is 2.53 bits per heavy atom. The zero-order valence-electron chi connectivity index (χ0n) is 10.3. The molecule has 86 valence electrons. The molecule has 0 unspecified atom stereocenters. The highest BCUT2D eigenvalue weighted by Gasteiger charge is 2.22. The Hall–Kier alpha value is -1.25.